The molecule has 0 radical (unpaired) electrons. The van der Waals surface area contributed by atoms with Crippen molar-refractivity contribution in [2.45, 2.75) is 45.6 Å². The van der Waals surface area contributed by atoms with Gasteiger partial charge >= 0.3 is 5.97 Å². The molecule has 1 aromatic carbocycles. The summed E-state index contributed by atoms with van der Waals surface area (Å²) in [5.41, 5.74) is 1.55. The van der Waals surface area contributed by atoms with Crippen LogP contribution in [0.4, 0.5) is 5.69 Å². The van der Waals surface area contributed by atoms with Crippen molar-refractivity contribution in [3.8, 4) is 0 Å². The first-order valence-corrected chi connectivity index (χ1v) is 7.29. The van der Waals surface area contributed by atoms with Crippen LogP contribution in [-0.4, -0.2) is 18.6 Å². The summed E-state index contributed by atoms with van der Waals surface area (Å²) in [6, 6.07) is 8.12. The van der Waals surface area contributed by atoms with Crippen LogP contribution in [-0.2, 0) is 4.74 Å². The molecule has 1 saturated carbocycles. The number of carbonyl (C=O) groups is 1. The van der Waals surface area contributed by atoms with E-state index in [1.807, 2.05) is 31.2 Å². The Hall–Kier alpha value is -1.51. The third-order valence-electron chi connectivity index (χ3n) is 3.95. The lowest BCUT2D eigenvalue weighted by Gasteiger charge is -2.22. The van der Waals surface area contributed by atoms with E-state index in [1.54, 1.807) is 0 Å². The van der Waals surface area contributed by atoms with E-state index in [1.165, 1.54) is 25.7 Å². The number of para-hydroxylation sites is 1. The maximum Gasteiger partial charge on any atom is 0.340 e. The van der Waals surface area contributed by atoms with E-state index in [2.05, 4.69) is 12.2 Å². The molecular weight excluding hydrogens is 238 g/mol. The molecule has 3 heteroatoms. The van der Waals surface area contributed by atoms with E-state index in [9.17, 15) is 4.79 Å². The van der Waals surface area contributed by atoms with Gasteiger partial charge in [0.1, 0.15) is 0 Å². The first-order chi connectivity index (χ1) is 9.26. The number of rotatable bonds is 5. The zero-order chi connectivity index (χ0) is 13.7. The number of hydrogen-bond donors (Lipinski definition) is 1. The fraction of sp³-hybridized carbons (Fsp3) is 0.562. The number of anilines is 1. The molecule has 19 heavy (non-hydrogen) atoms. The quantitative estimate of drug-likeness (QED) is 0.818. The Bertz CT molecular complexity index is 431. The minimum absolute atomic E-state index is 0.239. The van der Waals surface area contributed by atoms with Crippen LogP contribution >= 0.6 is 0 Å². The Morgan fingerprint density at radius 2 is 2.11 bits per heavy atom. The summed E-state index contributed by atoms with van der Waals surface area (Å²) in [4.78, 5) is 11.9. The lowest BCUT2D eigenvalue weighted by molar-refractivity contribution is 0.0527. The molecule has 2 rings (SSSR count). The van der Waals surface area contributed by atoms with Gasteiger partial charge in [0, 0.05) is 11.7 Å². The Morgan fingerprint density at radius 1 is 1.32 bits per heavy atom. The Balaban J connectivity index is 2.13. The summed E-state index contributed by atoms with van der Waals surface area (Å²) in [5.74, 6) is 0.479. The number of esters is 1. The predicted molar refractivity (Wildman–Crippen MR) is 77.4 cm³/mol. The van der Waals surface area contributed by atoms with Crippen LogP contribution < -0.4 is 5.32 Å². The fourth-order valence-corrected chi connectivity index (χ4v) is 2.91. The topological polar surface area (TPSA) is 38.3 Å². The molecule has 104 valence electrons. The number of nitrogens with one attached hydrogen (secondary N) is 1. The molecule has 0 amide bonds. The van der Waals surface area contributed by atoms with Crippen molar-refractivity contribution in [3.63, 3.8) is 0 Å². The maximum atomic E-state index is 11.9. The van der Waals surface area contributed by atoms with Crippen molar-refractivity contribution >= 4 is 11.7 Å². The molecule has 0 aliphatic heterocycles. The highest BCUT2D eigenvalue weighted by atomic mass is 16.5. The normalized spacial score (nSPS) is 22.2. The van der Waals surface area contributed by atoms with Gasteiger partial charge in [-0.05, 0) is 37.8 Å². The smallest absolute Gasteiger partial charge is 0.340 e. The molecular formula is C16H23NO2. The van der Waals surface area contributed by atoms with Crippen LogP contribution in [0, 0.1) is 5.92 Å². The van der Waals surface area contributed by atoms with Gasteiger partial charge in [-0.1, -0.05) is 31.9 Å². The van der Waals surface area contributed by atoms with E-state index in [4.69, 9.17) is 4.74 Å². The van der Waals surface area contributed by atoms with Crippen LogP contribution in [0.25, 0.3) is 0 Å². The number of benzene rings is 1. The van der Waals surface area contributed by atoms with Gasteiger partial charge < -0.3 is 10.1 Å². The molecule has 1 aliphatic carbocycles. The van der Waals surface area contributed by atoms with Gasteiger partial charge in [-0.15, -0.1) is 0 Å². The first-order valence-electron chi connectivity index (χ1n) is 7.29. The molecule has 3 nitrogen and oxygen atoms in total. The maximum absolute atomic E-state index is 11.9. The zero-order valence-corrected chi connectivity index (χ0v) is 11.8. The predicted octanol–water partition coefficient (Wildman–Crippen LogP) is 3.85. The zero-order valence-electron chi connectivity index (χ0n) is 11.8. The van der Waals surface area contributed by atoms with Gasteiger partial charge in [-0.25, -0.2) is 4.79 Å². The first kappa shape index (κ1) is 13.9. The van der Waals surface area contributed by atoms with Crippen molar-refractivity contribution in [2.24, 2.45) is 5.92 Å². The third-order valence-corrected chi connectivity index (χ3v) is 3.95. The Labute approximate surface area is 115 Å². The summed E-state index contributed by atoms with van der Waals surface area (Å²) < 4.78 is 5.11. The summed E-state index contributed by atoms with van der Waals surface area (Å²) in [6.45, 7) is 4.48. The lowest BCUT2D eigenvalue weighted by Crippen LogP contribution is -2.24. The molecule has 1 N–H and O–H groups in total. The lowest BCUT2D eigenvalue weighted by atomic mass is 10.00. The number of carbonyl (C=O) groups excluding carboxylic acids is 1. The van der Waals surface area contributed by atoms with Gasteiger partial charge in [0.15, 0.2) is 0 Å². The van der Waals surface area contributed by atoms with E-state index < -0.39 is 0 Å². The summed E-state index contributed by atoms with van der Waals surface area (Å²) in [5, 5.41) is 3.55. The molecule has 2 unspecified atom stereocenters. The van der Waals surface area contributed by atoms with Crippen molar-refractivity contribution < 1.29 is 9.53 Å². The molecule has 1 aliphatic rings. The molecule has 1 fully saturated rings. The van der Waals surface area contributed by atoms with Crippen LogP contribution in [0.1, 0.15) is 49.9 Å². The highest BCUT2D eigenvalue weighted by molar-refractivity contribution is 5.95. The van der Waals surface area contributed by atoms with Crippen LogP contribution in [0.15, 0.2) is 24.3 Å². The van der Waals surface area contributed by atoms with Crippen molar-refractivity contribution in [2.75, 3.05) is 11.9 Å². The van der Waals surface area contributed by atoms with E-state index in [-0.39, 0.29) is 5.97 Å². The largest absolute Gasteiger partial charge is 0.462 e. The molecule has 1 aromatic rings. The fourth-order valence-electron chi connectivity index (χ4n) is 2.91. The highest BCUT2D eigenvalue weighted by Crippen LogP contribution is 2.31. The van der Waals surface area contributed by atoms with Gasteiger partial charge in [0.2, 0.25) is 0 Å². The average Bonchev–Trinajstić information content (AvgIpc) is 2.87. The minimum Gasteiger partial charge on any atom is -0.462 e. The van der Waals surface area contributed by atoms with Gasteiger partial charge in [0.25, 0.3) is 0 Å². The summed E-state index contributed by atoms with van der Waals surface area (Å²) in [6.07, 6.45) is 4.95. The summed E-state index contributed by atoms with van der Waals surface area (Å²) in [7, 11) is 0. The van der Waals surface area contributed by atoms with Crippen molar-refractivity contribution in [3.05, 3.63) is 29.8 Å². The number of ether oxygens (including phenoxy) is 1. The minimum atomic E-state index is -0.239. The van der Waals surface area contributed by atoms with E-state index >= 15 is 0 Å². The average molecular weight is 261 g/mol. The number of hydrogen-bond acceptors (Lipinski definition) is 3. The molecule has 0 saturated heterocycles. The SMILES string of the molecule is CCOC(=O)c1ccccc1NC1CCCC1CC. The Kier molecular flexibility index (Phi) is 4.83. The van der Waals surface area contributed by atoms with Crippen LogP contribution in [0.3, 0.4) is 0 Å². The monoisotopic (exact) mass is 261 g/mol. The van der Waals surface area contributed by atoms with Gasteiger partial charge in [-0.3, -0.25) is 0 Å². The van der Waals surface area contributed by atoms with Gasteiger partial charge in [0.05, 0.1) is 12.2 Å². The molecule has 0 heterocycles. The van der Waals surface area contributed by atoms with E-state index in [0.717, 1.165) is 11.6 Å². The second-order valence-electron chi connectivity index (χ2n) is 5.12. The third kappa shape index (κ3) is 3.28. The van der Waals surface area contributed by atoms with Crippen molar-refractivity contribution in [1.82, 2.24) is 0 Å². The van der Waals surface area contributed by atoms with E-state index in [0.29, 0.717) is 18.2 Å². The Morgan fingerprint density at radius 3 is 2.84 bits per heavy atom. The van der Waals surface area contributed by atoms with Crippen molar-refractivity contribution in [1.29, 1.82) is 0 Å². The summed E-state index contributed by atoms with van der Waals surface area (Å²) >= 11 is 0. The van der Waals surface area contributed by atoms with Gasteiger partial charge in [-0.2, -0.15) is 0 Å². The standard InChI is InChI=1S/C16H23NO2/c1-3-12-8-7-11-14(12)17-15-10-6-5-9-13(15)16(18)19-4-2/h5-6,9-10,12,14,17H,3-4,7-8,11H2,1-2H3. The highest BCUT2D eigenvalue weighted by Gasteiger charge is 2.26. The molecule has 0 bridgehead atoms. The molecule has 0 aromatic heterocycles. The molecule has 0 spiro atoms. The van der Waals surface area contributed by atoms with Crippen LogP contribution in [0.2, 0.25) is 0 Å². The second kappa shape index (κ2) is 6.60. The second-order valence-corrected chi connectivity index (χ2v) is 5.12. The molecule has 2 atom stereocenters. The van der Waals surface area contributed by atoms with Crippen LogP contribution in [0.5, 0.6) is 0 Å².